The average molecular weight is 348 g/mol. The van der Waals surface area contributed by atoms with Crippen LogP contribution in [0.5, 0.6) is 0 Å². The van der Waals surface area contributed by atoms with E-state index >= 15 is 0 Å². The lowest BCUT2D eigenvalue weighted by Crippen LogP contribution is -2.32. The number of hydrogen-bond donors (Lipinski definition) is 2. The predicted molar refractivity (Wildman–Crippen MR) is 90.3 cm³/mol. The van der Waals surface area contributed by atoms with Crippen molar-refractivity contribution >= 4 is 17.5 Å². The molecule has 0 saturated heterocycles. The summed E-state index contributed by atoms with van der Waals surface area (Å²) in [5.41, 5.74) is 0.630. The van der Waals surface area contributed by atoms with Crippen LogP contribution in [0, 0.1) is 0 Å². The highest BCUT2D eigenvalue weighted by Gasteiger charge is 2.26. The van der Waals surface area contributed by atoms with E-state index in [1.807, 2.05) is 12.1 Å². The maximum atomic E-state index is 12.0. The van der Waals surface area contributed by atoms with E-state index in [1.165, 1.54) is 6.20 Å². The van der Waals surface area contributed by atoms with Gasteiger partial charge in [-0.3, -0.25) is 9.59 Å². The second-order valence-corrected chi connectivity index (χ2v) is 6.16. The Balaban J connectivity index is 1.42. The van der Waals surface area contributed by atoms with E-state index in [4.69, 9.17) is 16.3 Å². The van der Waals surface area contributed by atoms with Gasteiger partial charge in [-0.15, -0.1) is 0 Å². The first-order chi connectivity index (χ1) is 11.6. The van der Waals surface area contributed by atoms with Crippen LogP contribution in [0.15, 0.2) is 35.3 Å². The number of hydrogen-bond acceptors (Lipinski definition) is 4. The third kappa shape index (κ3) is 4.43. The van der Waals surface area contributed by atoms with Crippen molar-refractivity contribution in [3.63, 3.8) is 0 Å². The molecule has 0 unspecified atom stereocenters. The summed E-state index contributed by atoms with van der Waals surface area (Å²) in [6.45, 7) is 1.10. The predicted octanol–water partition coefficient (Wildman–Crippen LogP) is 2.25. The first-order valence-electron chi connectivity index (χ1n) is 7.83. The fourth-order valence-electron chi connectivity index (χ4n) is 2.24. The number of nitrogens with one attached hydrogen (secondary N) is 2. The fourth-order valence-corrected chi connectivity index (χ4v) is 2.36. The zero-order chi connectivity index (χ0) is 16.9. The first-order valence-corrected chi connectivity index (χ1v) is 8.21. The number of carbonyl (C=O) groups excluding carboxylic acids is 1. The monoisotopic (exact) mass is 347 g/mol. The number of carbonyl (C=O) groups is 1. The summed E-state index contributed by atoms with van der Waals surface area (Å²) in [7, 11) is 0. The van der Waals surface area contributed by atoms with Crippen LogP contribution in [0.3, 0.4) is 0 Å². The Bertz CT molecular complexity index is 769. The third-order valence-corrected chi connectivity index (χ3v) is 3.99. The molecule has 2 N–H and O–H groups in total. The fraction of sp³-hybridized carbons (Fsp3) is 0.353. The Morgan fingerprint density at radius 3 is 2.75 bits per heavy atom. The van der Waals surface area contributed by atoms with Crippen LogP contribution in [-0.4, -0.2) is 29.0 Å². The van der Waals surface area contributed by atoms with Crippen LogP contribution in [0.1, 0.15) is 40.5 Å². The van der Waals surface area contributed by atoms with Gasteiger partial charge in [-0.2, -0.15) is 0 Å². The number of aromatic nitrogens is 2. The second kappa shape index (κ2) is 7.59. The molecule has 6 nitrogen and oxygen atoms in total. The molecule has 1 saturated carbocycles. The van der Waals surface area contributed by atoms with Crippen molar-refractivity contribution in [3.05, 3.63) is 62.8 Å². The Hall–Kier alpha value is -2.18. The van der Waals surface area contributed by atoms with Crippen molar-refractivity contribution in [1.29, 1.82) is 0 Å². The Kier molecular flexibility index (Phi) is 5.27. The Morgan fingerprint density at radius 2 is 2.08 bits per heavy atom. The van der Waals surface area contributed by atoms with Crippen LogP contribution >= 0.6 is 11.6 Å². The molecule has 0 aliphatic heterocycles. The van der Waals surface area contributed by atoms with Crippen molar-refractivity contribution in [2.45, 2.75) is 25.4 Å². The van der Waals surface area contributed by atoms with Crippen LogP contribution in [0.4, 0.5) is 0 Å². The molecular weight excluding hydrogens is 330 g/mol. The molecule has 0 spiro atoms. The summed E-state index contributed by atoms with van der Waals surface area (Å²) in [4.78, 5) is 30.7. The smallest absolute Gasteiger partial charge is 0.263 e. The number of H-pyrrole nitrogens is 1. The molecule has 3 rings (SSSR count). The van der Waals surface area contributed by atoms with Gasteiger partial charge in [0.25, 0.3) is 11.5 Å². The van der Waals surface area contributed by atoms with E-state index < -0.39 is 11.5 Å². The lowest BCUT2D eigenvalue weighted by atomic mass is 10.2. The molecule has 1 amide bonds. The summed E-state index contributed by atoms with van der Waals surface area (Å²) >= 11 is 5.81. The lowest BCUT2D eigenvalue weighted by molar-refractivity contribution is 0.0899. The highest BCUT2D eigenvalue weighted by molar-refractivity contribution is 6.30. The molecule has 1 aromatic carbocycles. The van der Waals surface area contributed by atoms with E-state index in [0.717, 1.165) is 18.4 Å². The standard InChI is InChI=1S/C17H18ClN3O3/c18-13-5-1-11(2-6-13)10-24-8-7-19-16(22)14-9-20-15(12-3-4-12)21-17(14)23/h1-2,5-6,9,12H,3-4,7-8,10H2,(H,19,22)(H,20,21,23). The van der Waals surface area contributed by atoms with E-state index in [2.05, 4.69) is 15.3 Å². The van der Waals surface area contributed by atoms with Gasteiger partial charge < -0.3 is 15.0 Å². The Labute approximate surface area is 144 Å². The topological polar surface area (TPSA) is 84.1 Å². The molecule has 1 fully saturated rings. The molecule has 0 bridgehead atoms. The van der Waals surface area contributed by atoms with Gasteiger partial charge in [0.2, 0.25) is 0 Å². The largest absolute Gasteiger partial charge is 0.375 e. The summed E-state index contributed by atoms with van der Waals surface area (Å²) < 4.78 is 5.48. The van der Waals surface area contributed by atoms with Crippen LogP contribution in [0.2, 0.25) is 5.02 Å². The number of amides is 1. The minimum atomic E-state index is -0.443. The molecule has 1 aliphatic rings. The van der Waals surface area contributed by atoms with Crippen molar-refractivity contribution in [2.75, 3.05) is 13.2 Å². The lowest BCUT2D eigenvalue weighted by Gasteiger charge is -2.07. The molecule has 24 heavy (non-hydrogen) atoms. The van der Waals surface area contributed by atoms with Crippen molar-refractivity contribution in [1.82, 2.24) is 15.3 Å². The molecule has 2 aromatic rings. The number of nitrogens with zero attached hydrogens (tertiary/aromatic N) is 1. The molecule has 126 valence electrons. The minimum absolute atomic E-state index is 0.0251. The van der Waals surface area contributed by atoms with E-state index in [-0.39, 0.29) is 5.56 Å². The molecule has 1 aliphatic carbocycles. The highest BCUT2D eigenvalue weighted by atomic mass is 35.5. The number of halogens is 1. The van der Waals surface area contributed by atoms with Gasteiger partial charge in [-0.05, 0) is 30.5 Å². The number of rotatable bonds is 7. The van der Waals surface area contributed by atoms with Gasteiger partial charge in [0.1, 0.15) is 11.4 Å². The van der Waals surface area contributed by atoms with Gasteiger partial charge in [0.15, 0.2) is 0 Å². The van der Waals surface area contributed by atoms with E-state index in [0.29, 0.717) is 36.5 Å². The SMILES string of the molecule is O=C(NCCOCc1ccc(Cl)cc1)c1cnc(C2CC2)[nH]c1=O. The maximum absolute atomic E-state index is 12.0. The zero-order valence-corrected chi connectivity index (χ0v) is 13.8. The van der Waals surface area contributed by atoms with E-state index in [9.17, 15) is 9.59 Å². The van der Waals surface area contributed by atoms with Crippen molar-refractivity contribution in [3.8, 4) is 0 Å². The van der Waals surface area contributed by atoms with Crippen LogP contribution in [-0.2, 0) is 11.3 Å². The highest BCUT2D eigenvalue weighted by Crippen LogP contribution is 2.37. The van der Waals surface area contributed by atoms with Gasteiger partial charge in [0.05, 0.1) is 13.2 Å². The van der Waals surface area contributed by atoms with Gasteiger partial charge in [0, 0.05) is 23.7 Å². The molecule has 1 aromatic heterocycles. The van der Waals surface area contributed by atoms with Gasteiger partial charge >= 0.3 is 0 Å². The second-order valence-electron chi connectivity index (χ2n) is 5.72. The third-order valence-electron chi connectivity index (χ3n) is 3.74. The van der Waals surface area contributed by atoms with Crippen LogP contribution in [0.25, 0.3) is 0 Å². The normalized spacial score (nSPS) is 13.7. The zero-order valence-electron chi connectivity index (χ0n) is 13.0. The Morgan fingerprint density at radius 1 is 1.33 bits per heavy atom. The summed E-state index contributed by atoms with van der Waals surface area (Å²) in [6, 6.07) is 7.36. The molecule has 0 atom stereocenters. The summed E-state index contributed by atoms with van der Waals surface area (Å²) in [6.07, 6.45) is 3.43. The minimum Gasteiger partial charge on any atom is -0.375 e. The van der Waals surface area contributed by atoms with Gasteiger partial charge in [-0.1, -0.05) is 23.7 Å². The summed E-state index contributed by atoms with van der Waals surface area (Å²) in [5, 5.41) is 3.33. The van der Waals surface area contributed by atoms with Crippen LogP contribution < -0.4 is 10.9 Å². The molecule has 0 radical (unpaired) electrons. The van der Waals surface area contributed by atoms with E-state index in [1.54, 1.807) is 12.1 Å². The van der Waals surface area contributed by atoms with Gasteiger partial charge in [-0.25, -0.2) is 4.98 Å². The summed E-state index contributed by atoms with van der Waals surface area (Å²) in [5.74, 6) is 0.570. The maximum Gasteiger partial charge on any atom is 0.263 e. The average Bonchev–Trinajstić information content (AvgIpc) is 3.41. The molecule has 7 heteroatoms. The molecular formula is C17H18ClN3O3. The number of benzene rings is 1. The van der Waals surface area contributed by atoms with Crippen molar-refractivity contribution < 1.29 is 9.53 Å². The number of ether oxygens (including phenoxy) is 1. The van der Waals surface area contributed by atoms with Crippen molar-refractivity contribution in [2.24, 2.45) is 0 Å². The first kappa shape index (κ1) is 16.7. The molecule has 1 heterocycles. The number of aromatic amines is 1. The quantitative estimate of drug-likeness (QED) is 0.752.